The second-order valence-electron chi connectivity index (χ2n) is 3.16. The van der Waals surface area contributed by atoms with Crippen LogP contribution in [0.5, 0.6) is 0 Å². The van der Waals surface area contributed by atoms with Gasteiger partial charge in [-0.05, 0) is 6.07 Å². The highest BCUT2D eigenvalue weighted by atomic mass is 35.5. The molecule has 0 saturated carbocycles. The van der Waals surface area contributed by atoms with Gasteiger partial charge in [0.25, 0.3) is 5.69 Å². The Morgan fingerprint density at radius 3 is 2.88 bits per heavy atom. The minimum atomic E-state index is -0.417. The highest BCUT2D eigenvalue weighted by molar-refractivity contribution is 5.85. The van der Waals surface area contributed by atoms with Gasteiger partial charge >= 0.3 is 0 Å². The van der Waals surface area contributed by atoms with Crippen molar-refractivity contribution >= 4 is 29.0 Å². The van der Waals surface area contributed by atoms with Crippen LogP contribution in [0.25, 0.3) is 10.9 Å². The molecule has 0 bridgehead atoms. The summed E-state index contributed by atoms with van der Waals surface area (Å²) < 4.78 is 1.74. The average molecular weight is 243 g/mol. The van der Waals surface area contributed by atoms with E-state index in [1.807, 2.05) is 0 Å². The zero-order chi connectivity index (χ0) is 10.8. The summed E-state index contributed by atoms with van der Waals surface area (Å²) in [4.78, 5) is 10.1. The van der Waals surface area contributed by atoms with Gasteiger partial charge in [0, 0.05) is 24.1 Å². The van der Waals surface area contributed by atoms with Gasteiger partial charge in [-0.1, -0.05) is 0 Å². The SMILES string of the molecule is Cl.NCCn1ncc2cc([N+](=O)[O-])ccc21. The third-order valence-corrected chi connectivity index (χ3v) is 2.18. The van der Waals surface area contributed by atoms with Gasteiger partial charge in [0.05, 0.1) is 23.2 Å². The van der Waals surface area contributed by atoms with Gasteiger partial charge in [0.2, 0.25) is 0 Å². The normalized spacial score (nSPS) is 10.1. The molecule has 1 aromatic heterocycles. The molecule has 1 aromatic carbocycles. The van der Waals surface area contributed by atoms with Crippen LogP contribution < -0.4 is 5.73 Å². The number of non-ortho nitro benzene ring substituents is 1. The van der Waals surface area contributed by atoms with Crippen molar-refractivity contribution in [3.63, 3.8) is 0 Å². The molecule has 2 N–H and O–H groups in total. The molecule has 86 valence electrons. The lowest BCUT2D eigenvalue weighted by atomic mass is 10.2. The molecule has 0 aliphatic carbocycles. The number of fused-ring (bicyclic) bond motifs is 1. The second-order valence-corrected chi connectivity index (χ2v) is 3.16. The van der Waals surface area contributed by atoms with Crippen LogP contribution in [0, 0.1) is 10.1 Å². The molecule has 0 aliphatic rings. The number of benzene rings is 1. The van der Waals surface area contributed by atoms with Gasteiger partial charge in [-0.2, -0.15) is 5.10 Å². The number of hydrogen-bond donors (Lipinski definition) is 1. The summed E-state index contributed by atoms with van der Waals surface area (Å²) in [6.45, 7) is 1.11. The zero-order valence-corrected chi connectivity index (χ0v) is 9.18. The summed E-state index contributed by atoms with van der Waals surface area (Å²) in [7, 11) is 0. The predicted molar refractivity (Wildman–Crippen MR) is 62.7 cm³/mol. The van der Waals surface area contributed by atoms with Crippen molar-refractivity contribution < 1.29 is 4.92 Å². The van der Waals surface area contributed by atoms with Crippen molar-refractivity contribution in [1.82, 2.24) is 9.78 Å². The van der Waals surface area contributed by atoms with Crippen LogP contribution in [0.15, 0.2) is 24.4 Å². The highest BCUT2D eigenvalue weighted by Gasteiger charge is 2.08. The molecule has 1 heterocycles. The van der Waals surface area contributed by atoms with Crippen LogP contribution in [0.4, 0.5) is 5.69 Å². The van der Waals surface area contributed by atoms with Crippen LogP contribution in [-0.4, -0.2) is 21.2 Å². The summed E-state index contributed by atoms with van der Waals surface area (Å²) in [6.07, 6.45) is 1.61. The summed E-state index contributed by atoms with van der Waals surface area (Å²) in [5.41, 5.74) is 6.37. The van der Waals surface area contributed by atoms with Crippen molar-refractivity contribution in [1.29, 1.82) is 0 Å². The Kier molecular flexibility index (Phi) is 3.81. The van der Waals surface area contributed by atoms with Gasteiger partial charge < -0.3 is 5.73 Å². The van der Waals surface area contributed by atoms with Crippen LogP contribution in [0.1, 0.15) is 0 Å². The molecule has 2 aromatic rings. The molecule has 0 fully saturated rings. The first-order valence-electron chi connectivity index (χ1n) is 4.52. The number of nitrogens with zero attached hydrogens (tertiary/aromatic N) is 3. The van der Waals surface area contributed by atoms with E-state index in [0.717, 1.165) is 10.9 Å². The monoisotopic (exact) mass is 242 g/mol. The summed E-state index contributed by atoms with van der Waals surface area (Å²) in [5, 5.41) is 15.4. The largest absolute Gasteiger partial charge is 0.329 e. The molecular weight excluding hydrogens is 232 g/mol. The van der Waals surface area contributed by atoms with Crippen molar-refractivity contribution in [2.75, 3.05) is 6.54 Å². The first kappa shape index (κ1) is 12.4. The molecule has 0 amide bonds. The molecule has 2 rings (SSSR count). The van der Waals surface area contributed by atoms with E-state index >= 15 is 0 Å². The van der Waals surface area contributed by atoms with E-state index in [1.54, 1.807) is 16.9 Å². The fraction of sp³-hybridized carbons (Fsp3) is 0.222. The summed E-state index contributed by atoms with van der Waals surface area (Å²) in [5.74, 6) is 0. The van der Waals surface area contributed by atoms with E-state index in [4.69, 9.17) is 5.73 Å². The van der Waals surface area contributed by atoms with Gasteiger partial charge in [-0.15, -0.1) is 12.4 Å². The number of nitro benzene ring substituents is 1. The van der Waals surface area contributed by atoms with Crippen LogP contribution >= 0.6 is 12.4 Å². The Morgan fingerprint density at radius 2 is 2.25 bits per heavy atom. The first-order valence-corrected chi connectivity index (χ1v) is 4.52. The Labute approximate surface area is 97.6 Å². The van der Waals surface area contributed by atoms with Crippen LogP contribution in [0.2, 0.25) is 0 Å². The Hall–Kier alpha value is -1.66. The summed E-state index contributed by atoms with van der Waals surface area (Å²) in [6, 6.07) is 4.67. The Balaban J connectivity index is 0.00000128. The number of nitrogens with two attached hydrogens (primary N) is 1. The molecule has 0 atom stereocenters. The second kappa shape index (κ2) is 4.91. The van der Waals surface area contributed by atoms with E-state index < -0.39 is 4.92 Å². The number of rotatable bonds is 3. The van der Waals surface area contributed by atoms with Gasteiger partial charge in [-0.25, -0.2) is 0 Å². The lowest BCUT2D eigenvalue weighted by molar-refractivity contribution is -0.384. The maximum Gasteiger partial charge on any atom is 0.270 e. The molecule has 6 nitrogen and oxygen atoms in total. The zero-order valence-electron chi connectivity index (χ0n) is 8.37. The van der Waals surface area contributed by atoms with Crippen molar-refractivity contribution in [2.24, 2.45) is 5.73 Å². The standard InChI is InChI=1S/C9H10N4O2.ClH/c10-3-4-12-9-2-1-8(13(14)15)5-7(9)6-11-12;/h1-2,5-6H,3-4,10H2;1H. The number of hydrogen-bond acceptors (Lipinski definition) is 4. The quantitative estimate of drug-likeness (QED) is 0.650. The number of nitro groups is 1. The molecule has 0 unspecified atom stereocenters. The smallest absolute Gasteiger partial charge is 0.270 e. The fourth-order valence-corrected chi connectivity index (χ4v) is 1.49. The molecule has 0 spiro atoms. The minimum absolute atomic E-state index is 0. The summed E-state index contributed by atoms with van der Waals surface area (Å²) >= 11 is 0. The van der Waals surface area contributed by atoms with E-state index in [1.165, 1.54) is 12.1 Å². The molecule has 16 heavy (non-hydrogen) atoms. The molecule has 0 aliphatic heterocycles. The van der Waals surface area contributed by atoms with Gasteiger partial charge in [0.1, 0.15) is 0 Å². The third-order valence-electron chi connectivity index (χ3n) is 2.18. The van der Waals surface area contributed by atoms with Gasteiger partial charge in [0.15, 0.2) is 0 Å². The molecule has 0 radical (unpaired) electrons. The van der Waals surface area contributed by atoms with Gasteiger partial charge in [-0.3, -0.25) is 14.8 Å². The molecule has 0 saturated heterocycles. The van der Waals surface area contributed by atoms with Crippen molar-refractivity contribution in [2.45, 2.75) is 6.54 Å². The minimum Gasteiger partial charge on any atom is -0.329 e. The predicted octanol–water partition coefficient (Wildman–Crippen LogP) is 1.32. The van der Waals surface area contributed by atoms with Crippen molar-refractivity contribution in [3.05, 3.63) is 34.5 Å². The van der Waals surface area contributed by atoms with Crippen LogP contribution in [-0.2, 0) is 6.54 Å². The highest BCUT2D eigenvalue weighted by Crippen LogP contribution is 2.20. The van der Waals surface area contributed by atoms with Crippen molar-refractivity contribution in [3.8, 4) is 0 Å². The molecule has 7 heteroatoms. The lowest BCUT2D eigenvalue weighted by Crippen LogP contribution is -2.10. The number of halogens is 1. The average Bonchev–Trinajstić information content (AvgIpc) is 2.61. The van der Waals surface area contributed by atoms with Crippen LogP contribution in [0.3, 0.4) is 0 Å². The third kappa shape index (κ3) is 2.12. The number of aromatic nitrogens is 2. The fourth-order valence-electron chi connectivity index (χ4n) is 1.49. The Bertz CT molecular complexity index is 511. The lowest BCUT2D eigenvalue weighted by Gasteiger charge is -1.99. The maximum atomic E-state index is 10.5. The Morgan fingerprint density at radius 1 is 1.50 bits per heavy atom. The topological polar surface area (TPSA) is 87.0 Å². The molecular formula is C9H11ClN4O2. The van der Waals surface area contributed by atoms with E-state index in [-0.39, 0.29) is 18.1 Å². The van der Waals surface area contributed by atoms with E-state index in [2.05, 4.69) is 5.10 Å². The van der Waals surface area contributed by atoms with E-state index in [0.29, 0.717) is 13.1 Å². The first-order chi connectivity index (χ1) is 7.22. The van der Waals surface area contributed by atoms with E-state index in [9.17, 15) is 10.1 Å². The maximum absolute atomic E-state index is 10.5.